The van der Waals surface area contributed by atoms with E-state index in [1.807, 2.05) is 23.8 Å². The molecular formula is C17H11FN2OS2. The third-order valence-corrected chi connectivity index (χ3v) is 5.35. The molecule has 0 atom stereocenters. The van der Waals surface area contributed by atoms with Crippen molar-refractivity contribution in [1.29, 1.82) is 0 Å². The van der Waals surface area contributed by atoms with Gasteiger partial charge in [0.2, 0.25) is 0 Å². The minimum absolute atomic E-state index is 0.167. The molecule has 0 amide bonds. The number of hydrogen-bond donors (Lipinski definition) is 1. The molecule has 0 radical (unpaired) electrons. The summed E-state index contributed by atoms with van der Waals surface area (Å²) in [5.74, 6) is 0.286. The number of H-pyrrole nitrogens is 1. The van der Waals surface area contributed by atoms with Crippen LogP contribution in [-0.4, -0.2) is 9.97 Å². The highest BCUT2D eigenvalue weighted by atomic mass is 32.1. The van der Waals surface area contributed by atoms with E-state index in [2.05, 4.69) is 9.97 Å². The van der Waals surface area contributed by atoms with Gasteiger partial charge in [0, 0.05) is 21.4 Å². The molecule has 4 rings (SSSR count). The lowest BCUT2D eigenvalue weighted by Gasteiger charge is -2.02. The molecule has 0 unspecified atom stereocenters. The highest BCUT2D eigenvalue weighted by Gasteiger charge is 2.17. The molecule has 3 heterocycles. The minimum atomic E-state index is -0.294. The van der Waals surface area contributed by atoms with Gasteiger partial charge in [-0.05, 0) is 36.1 Å². The van der Waals surface area contributed by atoms with E-state index in [1.54, 1.807) is 23.5 Å². The zero-order chi connectivity index (χ0) is 16.0. The van der Waals surface area contributed by atoms with Crippen molar-refractivity contribution in [3.63, 3.8) is 0 Å². The molecule has 0 fully saturated rings. The Morgan fingerprint density at radius 2 is 1.91 bits per heavy atom. The number of fused-ring (bicyclic) bond motifs is 1. The van der Waals surface area contributed by atoms with Crippen LogP contribution in [0.15, 0.2) is 45.9 Å². The van der Waals surface area contributed by atoms with Crippen LogP contribution in [0.4, 0.5) is 4.39 Å². The fourth-order valence-electron chi connectivity index (χ4n) is 2.62. The fraction of sp³-hybridized carbons (Fsp3) is 0.0588. The highest BCUT2D eigenvalue weighted by molar-refractivity contribution is 7.19. The van der Waals surface area contributed by atoms with Crippen molar-refractivity contribution < 1.29 is 4.39 Å². The number of benzene rings is 1. The van der Waals surface area contributed by atoms with Gasteiger partial charge in [-0.25, -0.2) is 9.37 Å². The van der Waals surface area contributed by atoms with Crippen LogP contribution in [-0.2, 0) is 0 Å². The quantitative estimate of drug-likeness (QED) is 0.567. The predicted molar refractivity (Wildman–Crippen MR) is 93.7 cm³/mol. The van der Waals surface area contributed by atoms with Crippen molar-refractivity contribution in [2.45, 2.75) is 6.92 Å². The second-order valence-electron chi connectivity index (χ2n) is 5.15. The van der Waals surface area contributed by atoms with Crippen molar-refractivity contribution in [2.24, 2.45) is 0 Å². The summed E-state index contributed by atoms with van der Waals surface area (Å²) in [6.07, 6.45) is 0. The first kappa shape index (κ1) is 14.3. The van der Waals surface area contributed by atoms with Gasteiger partial charge >= 0.3 is 0 Å². The second kappa shape index (κ2) is 5.40. The first-order chi connectivity index (χ1) is 11.1. The first-order valence-electron chi connectivity index (χ1n) is 6.95. The SMILES string of the molecule is Cc1sc2nc(-c3ccsc3)[nH]c(=O)c2c1-c1ccc(F)cc1. The average Bonchev–Trinajstić information content (AvgIpc) is 3.15. The Bertz CT molecular complexity index is 1050. The van der Waals surface area contributed by atoms with Gasteiger partial charge in [0.25, 0.3) is 5.56 Å². The lowest BCUT2D eigenvalue weighted by atomic mass is 10.0. The number of aromatic nitrogens is 2. The Balaban J connectivity index is 1.98. The fourth-order valence-corrected chi connectivity index (χ4v) is 4.31. The van der Waals surface area contributed by atoms with Crippen molar-refractivity contribution in [3.05, 3.63) is 62.1 Å². The molecule has 1 aromatic carbocycles. The maximum atomic E-state index is 13.2. The van der Waals surface area contributed by atoms with Crippen LogP contribution in [0, 0.1) is 12.7 Å². The number of halogens is 1. The van der Waals surface area contributed by atoms with Crippen molar-refractivity contribution >= 4 is 32.9 Å². The molecule has 0 saturated carbocycles. The normalized spacial score (nSPS) is 11.2. The number of nitrogens with zero attached hydrogens (tertiary/aromatic N) is 1. The Kier molecular flexibility index (Phi) is 3.36. The number of aromatic amines is 1. The van der Waals surface area contributed by atoms with E-state index in [0.717, 1.165) is 21.6 Å². The number of thiophene rings is 2. The van der Waals surface area contributed by atoms with E-state index in [-0.39, 0.29) is 11.4 Å². The third kappa shape index (κ3) is 2.40. The van der Waals surface area contributed by atoms with Gasteiger partial charge in [-0.1, -0.05) is 12.1 Å². The van der Waals surface area contributed by atoms with Gasteiger partial charge in [0.05, 0.1) is 5.39 Å². The Morgan fingerprint density at radius 1 is 1.13 bits per heavy atom. The Morgan fingerprint density at radius 3 is 2.61 bits per heavy atom. The largest absolute Gasteiger partial charge is 0.306 e. The number of nitrogens with one attached hydrogen (secondary N) is 1. The van der Waals surface area contributed by atoms with Crippen molar-refractivity contribution in [2.75, 3.05) is 0 Å². The maximum Gasteiger partial charge on any atom is 0.260 e. The molecule has 0 bridgehead atoms. The number of aryl methyl sites for hydroxylation is 1. The van der Waals surface area contributed by atoms with E-state index in [0.29, 0.717) is 16.0 Å². The smallest absolute Gasteiger partial charge is 0.260 e. The molecular weight excluding hydrogens is 331 g/mol. The van der Waals surface area contributed by atoms with Crippen LogP contribution in [0.2, 0.25) is 0 Å². The lowest BCUT2D eigenvalue weighted by Crippen LogP contribution is -2.08. The summed E-state index contributed by atoms with van der Waals surface area (Å²) in [5, 5.41) is 4.47. The van der Waals surface area contributed by atoms with E-state index in [9.17, 15) is 9.18 Å². The topological polar surface area (TPSA) is 45.8 Å². The van der Waals surface area contributed by atoms with Crippen LogP contribution < -0.4 is 5.56 Å². The third-order valence-electron chi connectivity index (χ3n) is 3.67. The summed E-state index contributed by atoms with van der Waals surface area (Å²) in [5.41, 5.74) is 2.39. The average molecular weight is 342 g/mol. The molecule has 4 aromatic rings. The minimum Gasteiger partial charge on any atom is -0.306 e. The van der Waals surface area contributed by atoms with Gasteiger partial charge in [0.1, 0.15) is 16.5 Å². The van der Waals surface area contributed by atoms with Crippen LogP contribution >= 0.6 is 22.7 Å². The van der Waals surface area contributed by atoms with Gasteiger partial charge in [0.15, 0.2) is 0 Å². The van der Waals surface area contributed by atoms with Gasteiger partial charge < -0.3 is 4.98 Å². The molecule has 0 aliphatic carbocycles. The molecule has 1 N–H and O–H groups in total. The molecule has 3 aromatic heterocycles. The van der Waals surface area contributed by atoms with Gasteiger partial charge in [-0.2, -0.15) is 11.3 Å². The van der Waals surface area contributed by atoms with E-state index >= 15 is 0 Å². The zero-order valence-electron chi connectivity index (χ0n) is 12.1. The number of rotatable bonds is 2. The lowest BCUT2D eigenvalue weighted by molar-refractivity contribution is 0.628. The second-order valence-corrected chi connectivity index (χ2v) is 7.13. The summed E-state index contributed by atoms with van der Waals surface area (Å²) >= 11 is 3.04. The predicted octanol–water partition coefficient (Wildman–Crippen LogP) is 4.83. The van der Waals surface area contributed by atoms with Crippen molar-refractivity contribution in [1.82, 2.24) is 9.97 Å². The number of hydrogen-bond acceptors (Lipinski definition) is 4. The Hall–Kier alpha value is -2.31. The van der Waals surface area contributed by atoms with E-state index in [4.69, 9.17) is 0 Å². The van der Waals surface area contributed by atoms with Crippen LogP contribution in [0.3, 0.4) is 0 Å². The molecule has 23 heavy (non-hydrogen) atoms. The molecule has 114 valence electrons. The molecule has 6 heteroatoms. The van der Waals surface area contributed by atoms with Crippen LogP contribution in [0.1, 0.15) is 4.88 Å². The maximum absolute atomic E-state index is 13.2. The Labute approximate surface area is 139 Å². The zero-order valence-corrected chi connectivity index (χ0v) is 13.7. The van der Waals surface area contributed by atoms with Gasteiger partial charge in [-0.3, -0.25) is 4.79 Å². The molecule has 0 spiro atoms. The van der Waals surface area contributed by atoms with Gasteiger partial charge in [-0.15, -0.1) is 11.3 Å². The van der Waals surface area contributed by atoms with Crippen LogP contribution in [0.5, 0.6) is 0 Å². The first-order valence-corrected chi connectivity index (χ1v) is 8.71. The highest BCUT2D eigenvalue weighted by Crippen LogP contribution is 2.36. The monoisotopic (exact) mass is 342 g/mol. The molecule has 0 aliphatic rings. The summed E-state index contributed by atoms with van der Waals surface area (Å²) in [6.45, 7) is 1.95. The standard InChI is InChI=1S/C17H11FN2OS2/c1-9-13(10-2-4-12(18)5-3-10)14-16(21)19-15(20-17(14)23-9)11-6-7-22-8-11/h2-8H,1H3,(H,19,20,21). The summed E-state index contributed by atoms with van der Waals surface area (Å²) in [6, 6.07) is 8.11. The summed E-state index contributed by atoms with van der Waals surface area (Å²) in [4.78, 5) is 21.8. The van der Waals surface area contributed by atoms with Crippen LogP contribution in [0.25, 0.3) is 32.7 Å². The summed E-state index contributed by atoms with van der Waals surface area (Å²) < 4.78 is 13.2. The van der Waals surface area contributed by atoms with E-state index < -0.39 is 0 Å². The molecule has 0 aliphatic heterocycles. The van der Waals surface area contributed by atoms with E-state index in [1.165, 1.54) is 23.5 Å². The van der Waals surface area contributed by atoms with Crippen molar-refractivity contribution in [3.8, 4) is 22.5 Å². The summed E-state index contributed by atoms with van der Waals surface area (Å²) in [7, 11) is 0. The molecule has 3 nitrogen and oxygen atoms in total. The molecule has 0 saturated heterocycles.